The summed E-state index contributed by atoms with van der Waals surface area (Å²) < 4.78 is 14.0. The third kappa shape index (κ3) is 1.56. The third-order valence-corrected chi connectivity index (χ3v) is 2.66. The van der Waals surface area contributed by atoms with Crippen molar-refractivity contribution in [2.75, 3.05) is 14.2 Å². The van der Waals surface area contributed by atoms with Crippen molar-refractivity contribution < 1.29 is 34.6 Å². The Morgan fingerprint density at radius 3 is 1.93 bits per heavy atom. The molecule has 7 heteroatoms. The van der Waals surface area contributed by atoms with Crippen molar-refractivity contribution in [3.05, 3.63) is 0 Å². The fourth-order valence-corrected chi connectivity index (χ4v) is 1.59. The van der Waals surface area contributed by atoms with Crippen LogP contribution in [0, 0.1) is 0 Å². The first kappa shape index (κ1) is 12.8. The molecular weight excluding hydrogens is 208 g/mol. The topological polar surface area (TPSA) is 109 Å². The largest absolute Gasteiger partial charge is 0.385 e. The van der Waals surface area contributed by atoms with E-state index in [1.165, 1.54) is 6.92 Å². The summed E-state index contributed by atoms with van der Waals surface area (Å²) in [5.41, 5.74) is 0. The Morgan fingerprint density at radius 1 is 1.07 bits per heavy atom. The van der Waals surface area contributed by atoms with Crippen LogP contribution >= 0.6 is 0 Å². The van der Waals surface area contributed by atoms with E-state index in [-0.39, 0.29) is 0 Å². The average Bonchev–Trinajstić information content (AvgIpc) is 2.23. The van der Waals surface area contributed by atoms with Gasteiger partial charge in [-0.1, -0.05) is 0 Å². The van der Waals surface area contributed by atoms with Crippen LogP contribution < -0.4 is 0 Å². The van der Waals surface area contributed by atoms with Gasteiger partial charge in [-0.2, -0.15) is 0 Å². The zero-order valence-corrected chi connectivity index (χ0v) is 8.75. The Kier molecular flexibility index (Phi) is 3.36. The second-order valence-corrected chi connectivity index (χ2v) is 3.44. The van der Waals surface area contributed by atoms with Crippen LogP contribution in [0.4, 0.5) is 0 Å². The molecule has 1 saturated heterocycles. The van der Waals surface area contributed by atoms with E-state index >= 15 is 0 Å². The van der Waals surface area contributed by atoms with Gasteiger partial charge in [0.2, 0.25) is 6.29 Å². The Morgan fingerprint density at radius 2 is 1.53 bits per heavy atom. The molecule has 1 heterocycles. The number of rotatable bonds is 2. The van der Waals surface area contributed by atoms with Crippen molar-refractivity contribution in [3.8, 4) is 0 Å². The zero-order chi connectivity index (χ0) is 11.9. The highest BCUT2D eigenvalue weighted by Crippen LogP contribution is 2.38. The van der Waals surface area contributed by atoms with Crippen LogP contribution in [0.15, 0.2) is 0 Å². The van der Waals surface area contributed by atoms with Crippen molar-refractivity contribution in [1.82, 2.24) is 0 Å². The van der Waals surface area contributed by atoms with E-state index < -0.39 is 30.1 Å². The van der Waals surface area contributed by atoms with Crippen molar-refractivity contribution in [2.45, 2.75) is 37.0 Å². The van der Waals surface area contributed by atoms with Crippen LogP contribution in [0.2, 0.25) is 0 Å². The maximum absolute atomic E-state index is 9.92. The SMILES string of the molecule is CO[C@@]1(O)[C@H](O)O[C@H](C)[C@H](O)[C@]1(O)OC. The second kappa shape index (κ2) is 3.95. The number of aliphatic hydroxyl groups excluding tert-OH is 2. The highest BCUT2D eigenvalue weighted by atomic mass is 16.8. The molecule has 90 valence electrons. The lowest BCUT2D eigenvalue weighted by Crippen LogP contribution is -2.75. The minimum atomic E-state index is -2.55. The summed E-state index contributed by atoms with van der Waals surface area (Å²) >= 11 is 0. The zero-order valence-electron chi connectivity index (χ0n) is 8.75. The van der Waals surface area contributed by atoms with Gasteiger partial charge >= 0.3 is 0 Å². The number of aliphatic hydroxyl groups is 4. The van der Waals surface area contributed by atoms with Crippen molar-refractivity contribution >= 4 is 0 Å². The fraction of sp³-hybridized carbons (Fsp3) is 1.00. The minimum Gasteiger partial charge on any atom is -0.385 e. The summed E-state index contributed by atoms with van der Waals surface area (Å²) in [6, 6.07) is 0. The van der Waals surface area contributed by atoms with E-state index in [1.807, 2.05) is 0 Å². The Bertz CT molecular complexity index is 235. The van der Waals surface area contributed by atoms with E-state index in [2.05, 4.69) is 9.47 Å². The van der Waals surface area contributed by atoms with E-state index in [0.717, 1.165) is 14.2 Å². The number of methoxy groups -OCH3 is 2. The summed E-state index contributed by atoms with van der Waals surface area (Å²) in [6.45, 7) is 1.41. The Hall–Kier alpha value is -0.280. The predicted molar refractivity (Wildman–Crippen MR) is 46.5 cm³/mol. The van der Waals surface area contributed by atoms with Crippen LogP contribution in [-0.4, -0.2) is 64.7 Å². The van der Waals surface area contributed by atoms with Gasteiger partial charge < -0.3 is 34.6 Å². The molecule has 0 radical (unpaired) electrons. The maximum Gasteiger partial charge on any atom is 0.276 e. The second-order valence-electron chi connectivity index (χ2n) is 3.44. The molecule has 15 heavy (non-hydrogen) atoms. The van der Waals surface area contributed by atoms with Gasteiger partial charge in [-0.25, -0.2) is 0 Å². The molecule has 0 saturated carbocycles. The number of hydrogen-bond donors (Lipinski definition) is 4. The summed E-state index contributed by atoms with van der Waals surface area (Å²) in [5, 5.41) is 38.8. The molecule has 0 aliphatic carbocycles. The van der Waals surface area contributed by atoms with E-state index in [4.69, 9.17) is 4.74 Å². The van der Waals surface area contributed by atoms with Crippen LogP contribution in [0.5, 0.6) is 0 Å². The lowest BCUT2D eigenvalue weighted by Gasteiger charge is -2.50. The molecule has 1 fully saturated rings. The van der Waals surface area contributed by atoms with Crippen molar-refractivity contribution in [3.63, 3.8) is 0 Å². The predicted octanol–water partition coefficient (Wildman–Crippen LogP) is -2.25. The minimum absolute atomic E-state index is 0.916. The third-order valence-electron chi connectivity index (χ3n) is 2.66. The summed E-state index contributed by atoms with van der Waals surface area (Å²) in [5.74, 6) is -5.01. The standard InChI is InChI=1S/C8H16O7/c1-4-5(9)7(11,13-2)8(12,14-3)6(10)15-4/h4-6,9-12H,1-3H3/t4-,5+,6-,7+,8+/m1/s1. The first-order chi connectivity index (χ1) is 6.83. The summed E-state index contributed by atoms with van der Waals surface area (Å²) in [7, 11) is 2.11. The molecule has 0 bridgehead atoms. The van der Waals surface area contributed by atoms with Crippen molar-refractivity contribution in [2.24, 2.45) is 0 Å². The van der Waals surface area contributed by atoms with E-state index in [0.29, 0.717) is 0 Å². The van der Waals surface area contributed by atoms with E-state index in [1.54, 1.807) is 0 Å². The highest BCUT2D eigenvalue weighted by Gasteiger charge is 2.66. The lowest BCUT2D eigenvalue weighted by molar-refractivity contribution is -0.484. The summed E-state index contributed by atoms with van der Waals surface area (Å²) in [6.07, 6.45) is -4.30. The molecule has 4 N–H and O–H groups in total. The molecule has 0 unspecified atom stereocenters. The normalized spacial score (nSPS) is 51.8. The summed E-state index contributed by atoms with van der Waals surface area (Å²) in [4.78, 5) is 0. The molecule has 0 spiro atoms. The first-order valence-electron chi connectivity index (χ1n) is 4.40. The highest BCUT2D eigenvalue weighted by molar-refractivity contribution is 4.99. The van der Waals surface area contributed by atoms with Gasteiger partial charge in [0, 0.05) is 14.2 Å². The average molecular weight is 224 g/mol. The van der Waals surface area contributed by atoms with Gasteiger partial charge in [-0.15, -0.1) is 0 Å². The van der Waals surface area contributed by atoms with Gasteiger partial charge in [-0.05, 0) is 6.92 Å². The van der Waals surface area contributed by atoms with Gasteiger partial charge in [0.25, 0.3) is 11.6 Å². The molecule has 1 aliphatic heterocycles. The molecule has 0 amide bonds. The van der Waals surface area contributed by atoms with Crippen LogP contribution in [0.3, 0.4) is 0 Å². The molecule has 0 aromatic rings. The Labute approximate surface area is 86.8 Å². The number of hydrogen-bond acceptors (Lipinski definition) is 7. The van der Waals surface area contributed by atoms with E-state index in [9.17, 15) is 20.4 Å². The van der Waals surface area contributed by atoms with Crippen LogP contribution in [0.1, 0.15) is 6.92 Å². The maximum atomic E-state index is 9.92. The number of ether oxygens (including phenoxy) is 3. The van der Waals surface area contributed by atoms with Crippen molar-refractivity contribution in [1.29, 1.82) is 0 Å². The fourth-order valence-electron chi connectivity index (χ4n) is 1.59. The van der Waals surface area contributed by atoms with Crippen LogP contribution in [0.25, 0.3) is 0 Å². The molecule has 7 nitrogen and oxygen atoms in total. The Balaban J connectivity index is 3.12. The molecular formula is C8H16O7. The quantitative estimate of drug-likeness (QED) is 0.392. The smallest absolute Gasteiger partial charge is 0.276 e. The monoisotopic (exact) mass is 224 g/mol. The molecule has 0 aromatic carbocycles. The van der Waals surface area contributed by atoms with Gasteiger partial charge in [0.05, 0.1) is 6.10 Å². The molecule has 5 atom stereocenters. The molecule has 1 aliphatic rings. The molecule has 0 aromatic heterocycles. The lowest BCUT2D eigenvalue weighted by atomic mass is 9.92. The van der Waals surface area contributed by atoms with Gasteiger partial charge in [0.1, 0.15) is 6.10 Å². The van der Waals surface area contributed by atoms with Crippen LogP contribution in [-0.2, 0) is 14.2 Å². The first-order valence-corrected chi connectivity index (χ1v) is 4.40. The van der Waals surface area contributed by atoms with Gasteiger partial charge in [0.15, 0.2) is 0 Å². The molecule has 1 rings (SSSR count). The van der Waals surface area contributed by atoms with Gasteiger partial charge in [-0.3, -0.25) is 0 Å².